The number of ether oxygens (including phenoxy) is 1. The van der Waals surface area contributed by atoms with Crippen LogP contribution in [0.15, 0.2) is 23.3 Å². The maximum atomic E-state index is 8.04. The number of hydrogen-bond donors (Lipinski definition) is 0. The van der Waals surface area contributed by atoms with E-state index in [4.69, 9.17) is 21.9 Å². The second-order valence-corrected chi connectivity index (χ2v) is 3.03. The van der Waals surface area contributed by atoms with E-state index in [0.717, 1.165) is 12.0 Å². The Morgan fingerprint density at radius 2 is 2.36 bits per heavy atom. The van der Waals surface area contributed by atoms with Crippen LogP contribution < -0.4 is 4.74 Å². The monoisotopic (exact) mass is 211 g/mol. The Balaban J connectivity index is 2.73. The van der Waals surface area contributed by atoms with Crippen molar-refractivity contribution in [1.82, 2.24) is 0 Å². The van der Waals surface area contributed by atoms with E-state index in [1.165, 1.54) is 0 Å². The summed E-state index contributed by atoms with van der Waals surface area (Å²) in [6, 6.07) is 5.54. The third-order valence-electron chi connectivity index (χ3n) is 1.75. The van der Waals surface area contributed by atoms with E-state index in [9.17, 15) is 0 Å². The molecule has 0 N–H and O–H groups in total. The number of hydrogen-bond acceptors (Lipinski definition) is 2. The SMILES string of the molecule is CCc1ccc(OCN=[N+]=[N-])c(Cl)c1. The first-order valence-corrected chi connectivity index (χ1v) is 4.57. The molecule has 0 aliphatic carbocycles. The molecule has 14 heavy (non-hydrogen) atoms. The van der Waals surface area contributed by atoms with E-state index < -0.39 is 0 Å². The van der Waals surface area contributed by atoms with Crippen LogP contribution in [0.5, 0.6) is 5.75 Å². The highest BCUT2D eigenvalue weighted by Crippen LogP contribution is 2.25. The van der Waals surface area contributed by atoms with E-state index in [-0.39, 0.29) is 6.73 Å². The van der Waals surface area contributed by atoms with Crippen molar-refractivity contribution in [3.8, 4) is 5.75 Å². The lowest BCUT2D eigenvalue weighted by Gasteiger charge is -2.05. The second-order valence-electron chi connectivity index (χ2n) is 2.62. The van der Waals surface area contributed by atoms with Crippen molar-refractivity contribution >= 4 is 11.6 Å². The fraction of sp³-hybridized carbons (Fsp3) is 0.333. The van der Waals surface area contributed by atoms with Crippen LogP contribution in [0.3, 0.4) is 0 Å². The predicted molar refractivity (Wildman–Crippen MR) is 55.5 cm³/mol. The van der Waals surface area contributed by atoms with Gasteiger partial charge in [-0.05, 0) is 29.6 Å². The van der Waals surface area contributed by atoms with Gasteiger partial charge in [0.05, 0.1) is 5.02 Å². The molecule has 0 unspecified atom stereocenters. The smallest absolute Gasteiger partial charge is 0.167 e. The van der Waals surface area contributed by atoms with Gasteiger partial charge in [0, 0.05) is 4.91 Å². The van der Waals surface area contributed by atoms with Gasteiger partial charge >= 0.3 is 0 Å². The summed E-state index contributed by atoms with van der Waals surface area (Å²) in [4.78, 5) is 2.57. The summed E-state index contributed by atoms with van der Waals surface area (Å²) >= 11 is 5.93. The molecule has 1 rings (SSSR count). The molecule has 0 bridgehead atoms. The van der Waals surface area contributed by atoms with Crippen LogP contribution in [0.2, 0.25) is 5.02 Å². The molecule has 1 aromatic carbocycles. The second kappa shape index (κ2) is 5.37. The topological polar surface area (TPSA) is 58.0 Å². The minimum absolute atomic E-state index is 0.0400. The molecule has 0 aromatic heterocycles. The van der Waals surface area contributed by atoms with Gasteiger partial charge in [-0.15, -0.1) is 0 Å². The lowest BCUT2D eigenvalue weighted by Crippen LogP contribution is -1.93. The van der Waals surface area contributed by atoms with Crippen molar-refractivity contribution in [1.29, 1.82) is 0 Å². The van der Waals surface area contributed by atoms with Gasteiger partial charge in [-0.3, -0.25) is 0 Å². The largest absolute Gasteiger partial charge is 0.486 e. The number of nitrogens with zero attached hydrogens (tertiary/aromatic N) is 3. The average molecular weight is 212 g/mol. The summed E-state index contributed by atoms with van der Waals surface area (Å²) in [5, 5.41) is 3.79. The van der Waals surface area contributed by atoms with E-state index in [0.29, 0.717) is 10.8 Å². The van der Waals surface area contributed by atoms with Crippen molar-refractivity contribution in [2.45, 2.75) is 13.3 Å². The van der Waals surface area contributed by atoms with E-state index in [1.807, 2.05) is 19.1 Å². The lowest BCUT2D eigenvalue weighted by molar-refractivity contribution is 0.329. The summed E-state index contributed by atoms with van der Waals surface area (Å²) in [6.45, 7) is 2.01. The van der Waals surface area contributed by atoms with Crippen LogP contribution in [0, 0.1) is 0 Å². The van der Waals surface area contributed by atoms with Crippen molar-refractivity contribution < 1.29 is 4.74 Å². The van der Waals surface area contributed by atoms with Gasteiger partial charge in [0.25, 0.3) is 0 Å². The first kappa shape index (κ1) is 10.7. The Hall–Kier alpha value is -1.38. The van der Waals surface area contributed by atoms with Crippen LogP contribution in [-0.2, 0) is 6.42 Å². The van der Waals surface area contributed by atoms with Crippen LogP contribution in [0.1, 0.15) is 12.5 Å². The van der Waals surface area contributed by atoms with Crippen molar-refractivity contribution in [2.75, 3.05) is 6.73 Å². The van der Waals surface area contributed by atoms with E-state index in [2.05, 4.69) is 10.0 Å². The predicted octanol–water partition coefficient (Wildman–Crippen LogP) is 3.55. The fourth-order valence-corrected chi connectivity index (χ4v) is 1.26. The molecule has 0 fully saturated rings. The number of rotatable bonds is 4. The standard InChI is InChI=1S/C9H10ClN3O/c1-2-7-3-4-9(8(10)5-7)14-6-12-13-11/h3-5H,2,6H2,1H3. The molecule has 74 valence electrons. The van der Waals surface area contributed by atoms with Crippen molar-refractivity contribution in [3.05, 3.63) is 39.2 Å². The first-order chi connectivity index (χ1) is 6.77. The third-order valence-corrected chi connectivity index (χ3v) is 2.04. The summed E-state index contributed by atoms with van der Waals surface area (Å²) in [7, 11) is 0. The third kappa shape index (κ3) is 2.83. The molecule has 0 spiro atoms. The van der Waals surface area contributed by atoms with Gasteiger partial charge in [-0.1, -0.05) is 29.7 Å². The molecule has 1 aromatic rings. The molecule has 0 heterocycles. The Labute approximate surface area is 87.1 Å². The molecule has 0 saturated carbocycles. The molecule has 0 aliphatic rings. The maximum absolute atomic E-state index is 8.04. The van der Waals surface area contributed by atoms with Crippen LogP contribution in [0.25, 0.3) is 10.4 Å². The normalized spacial score (nSPS) is 9.29. The Morgan fingerprint density at radius 3 is 2.93 bits per heavy atom. The van der Waals surface area contributed by atoms with Gasteiger partial charge in [0.15, 0.2) is 6.73 Å². The molecule has 0 saturated heterocycles. The fourth-order valence-electron chi connectivity index (χ4n) is 1.01. The molecule has 5 heteroatoms. The zero-order chi connectivity index (χ0) is 10.4. The van der Waals surface area contributed by atoms with Gasteiger partial charge < -0.3 is 4.74 Å². The Kier molecular flexibility index (Phi) is 4.11. The Morgan fingerprint density at radius 1 is 1.57 bits per heavy atom. The minimum Gasteiger partial charge on any atom is -0.486 e. The zero-order valence-electron chi connectivity index (χ0n) is 7.77. The van der Waals surface area contributed by atoms with Crippen LogP contribution in [-0.4, -0.2) is 6.73 Å². The molecular weight excluding hydrogens is 202 g/mol. The molecular formula is C9H10ClN3O. The van der Waals surface area contributed by atoms with Crippen LogP contribution >= 0.6 is 11.6 Å². The van der Waals surface area contributed by atoms with E-state index >= 15 is 0 Å². The highest BCUT2D eigenvalue weighted by atomic mass is 35.5. The maximum Gasteiger partial charge on any atom is 0.167 e. The van der Waals surface area contributed by atoms with Gasteiger partial charge in [0.2, 0.25) is 0 Å². The molecule has 4 nitrogen and oxygen atoms in total. The highest BCUT2D eigenvalue weighted by Gasteiger charge is 2.01. The molecule has 0 radical (unpaired) electrons. The molecule has 0 aliphatic heterocycles. The first-order valence-electron chi connectivity index (χ1n) is 4.20. The summed E-state index contributed by atoms with van der Waals surface area (Å²) < 4.78 is 5.12. The van der Waals surface area contributed by atoms with Gasteiger partial charge in [-0.25, -0.2) is 0 Å². The van der Waals surface area contributed by atoms with Gasteiger partial charge in [-0.2, -0.15) is 0 Å². The van der Waals surface area contributed by atoms with Gasteiger partial charge in [0.1, 0.15) is 5.75 Å². The number of halogens is 1. The number of azide groups is 1. The minimum atomic E-state index is -0.0400. The number of aryl methyl sites for hydroxylation is 1. The summed E-state index contributed by atoms with van der Waals surface area (Å²) in [5.74, 6) is 0.538. The van der Waals surface area contributed by atoms with Crippen molar-refractivity contribution in [3.63, 3.8) is 0 Å². The van der Waals surface area contributed by atoms with Crippen molar-refractivity contribution in [2.24, 2.45) is 5.11 Å². The Bertz CT molecular complexity index is 361. The summed E-state index contributed by atoms with van der Waals surface area (Å²) in [5.41, 5.74) is 9.19. The quantitative estimate of drug-likeness (QED) is 0.427. The summed E-state index contributed by atoms with van der Waals surface area (Å²) in [6.07, 6.45) is 0.927. The zero-order valence-corrected chi connectivity index (χ0v) is 8.53. The number of benzene rings is 1. The van der Waals surface area contributed by atoms with E-state index in [1.54, 1.807) is 6.07 Å². The molecule has 0 amide bonds. The lowest BCUT2D eigenvalue weighted by atomic mass is 10.2. The van der Waals surface area contributed by atoms with Crippen LogP contribution in [0.4, 0.5) is 0 Å². The highest BCUT2D eigenvalue weighted by molar-refractivity contribution is 6.32. The average Bonchev–Trinajstić information content (AvgIpc) is 2.20. The molecule has 0 atom stereocenters.